The number of nitrogens with one attached hydrogen (secondary N) is 1. The normalized spacial score (nSPS) is 12.9. The number of hydrogen-bond acceptors (Lipinski definition) is 3. The van der Waals surface area contributed by atoms with Gasteiger partial charge in [0.25, 0.3) is 0 Å². The molecule has 1 atom stereocenters. The Kier molecular flexibility index (Phi) is 2.96. The number of thiophene rings is 1. The summed E-state index contributed by atoms with van der Waals surface area (Å²) in [4.78, 5) is 1.31. The molecule has 0 radical (unpaired) electrons. The molecule has 0 fully saturated rings. The first-order valence-electron chi connectivity index (χ1n) is 4.55. The highest BCUT2D eigenvalue weighted by Gasteiger charge is 2.08. The van der Waals surface area contributed by atoms with Crippen LogP contribution in [0.4, 0.5) is 0 Å². The monoisotopic (exact) mass is 208 g/mol. The molecule has 2 N–H and O–H groups in total. The van der Waals surface area contributed by atoms with E-state index in [1.807, 2.05) is 6.07 Å². The van der Waals surface area contributed by atoms with Crippen LogP contribution in [-0.4, -0.2) is 15.3 Å². The topological polar surface area (TPSA) is 48.9 Å². The van der Waals surface area contributed by atoms with Crippen LogP contribution < -0.4 is 0 Å². The van der Waals surface area contributed by atoms with Crippen molar-refractivity contribution in [1.82, 2.24) is 10.2 Å². The summed E-state index contributed by atoms with van der Waals surface area (Å²) in [6, 6.07) is 4.12. The lowest BCUT2D eigenvalue weighted by molar-refractivity contribution is 0.168. The molecule has 0 saturated carbocycles. The van der Waals surface area contributed by atoms with E-state index in [2.05, 4.69) is 21.6 Å². The molecule has 14 heavy (non-hydrogen) atoms. The number of aliphatic hydroxyl groups is 1. The van der Waals surface area contributed by atoms with Crippen LogP contribution in [0.5, 0.6) is 0 Å². The number of aliphatic hydroxyl groups excluding tert-OH is 1. The van der Waals surface area contributed by atoms with Gasteiger partial charge in [0, 0.05) is 16.6 Å². The van der Waals surface area contributed by atoms with Crippen LogP contribution >= 0.6 is 11.3 Å². The van der Waals surface area contributed by atoms with Crippen LogP contribution in [0.15, 0.2) is 29.9 Å². The number of hydrogen-bond donors (Lipinski definition) is 2. The Labute approximate surface area is 86.4 Å². The van der Waals surface area contributed by atoms with Crippen molar-refractivity contribution in [2.75, 3.05) is 0 Å². The average Bonchev–Trinajstić information content (AvgIpc) is 2.87. The van der Waals surface area contributed by atoms with Crippen molar-refractivity contribution in [2.45, 2.75) is 18.9 Å². The van der Waals surface area contributed by atoms with E-state index in [-0.39, 0.29) is 0 Å². The first-order valence-corrected chi connectivity index (χ1v) is 5.43. The maximum absolute atomic E-state index is 9.75. The molecule has 2 aromatic heterocycles. The molecule has 2 rings (SSSR count). The van der Waals surface area contributed by atoms with Gasteiger partial charge in [-0.15, -0.1) is 11.3 Å². The summed E-state index contributed by atoms with van der Waals surface area (Å²) in [6.07, 6.45) is 4.67. The summed E-state index contributed by atoms with van der Waals surface area (Å²) < 4.78 is 0. The van der Waals surface area contributed by atoms with E-state index in [1.54, 1.807) is 23.7 Å². The fraction of sp³-hybridized carbons (Fsp3) is 0.300. The van der Waals surface area contributed by atoms with E-state index >= 15 is 0 Å². The third-order valence-electron chi connectivity index (χ3n) is 2.15. The minimum Gasteiger partial charge on any atom is -0.388 e. The van der Waals surface area contributed by atoms with E-state index < -0.39 is 6.10 Å². The number of nitrogens with zero attached hydrogens (tertiary/aromatic N) is 1. The predicted molar refractivity (Wildman–Crippen MR) is 56.2 cm³/mol. The van der Waals surface area contributed by atoms with Gasteiger partial charge in [-0.2, -0.15) is 5.10 Å². The van der Waals surface area contributed by atoms with Gasteiger partial charge >= 0.3 is 0 Å². The molecule has 0 spiro atoms. The van der Waals surface area contributed by atoms with Crippen LogP contribution in [-0.2, 0) is 6.42 Å². The largest absolute Gasteiger partial charge is 0.388 e. The second-order valence-corrected chi connectivity index (χ2v) is 4.20. The number of aromatic amines is 1. The summed E-state index contributed by atoms with van der Waals surface area (Å²) in [5, 5.41) is 18.3. The zero-order chi connectivity index (χ0) is 9.80. The minimum absolute atomic E-state index is 0.407. The quantitative estimate of drug-likeness (QED) is 0.808. The van der Waals surface area contributed by atoms with Crippen molar-refractivity contribution < 1.29 is 5.11 Å². The van der Waals surface area contributed by atoms with Gasteiger partial charge in [0.15, 0.2) is 0 Å². The molecule has 0 aliphatic rings. The van der Waals surface area contributed by atoms with Gasteiger partial charge in [-0.05, 0) is 24.3 Å². The maximum Gasteiger partial charge on any atom is 0.0823 e. The first-order chi connectivity index (χ1) is 6.86. The van der Waals surface area contributed by atoms with Gasteiger partial charge in [0.1, 0.15) is 0 Å². The van der Waals surface area contributed by atoms with Gasteiger partial charge in [0.05, 0.1) is 12.3 Å². The standard InChI is InChI=1S/C10H12N2OS/c13-10(8-6-11-12-7-8)4-3-9-2-1-5-14-9/h1-2,5-7,10,13H,3-4H2,(H,11,12). The Balaban J connectivity index is 1.87. The van der Waals surface area contributed by atoms with Crippen molar-refractivity contribution in [1.29, 1.82) is 0 Å². The van der Waals surface area contributed by atoms with Gasteiger partial charge in [-0.25, -0.2) is 0 Å². The second kappa shape index (κ2) is 4.39. The highest BCUT2D eigenvalue weighted by atomic mass is 32.1. The lowest BCUT2D eigenvalue weighted by atomic mass is 10.1. The SMILES string of the molecule is OC(CCc1cccs1)c1cn[nH]c1. The Morgan fingerprint density at radius 1 is 1.57 bits per heavy atom. The number of H-pyrrole nitrogens is 1. The molecule has 0 aliphatic heterocycles. The third-order valence-corrected chi connectivity index (χ3v) is 3.08. The molecule has 0 bridgehead atoms. The Bertz CT molecular complexity index is 355. The number of rotatable bonds is 4. The van der Waals surface area contributed by atoms with Crippen LogP contribution in [0.1, 0.15) is 23.0 Å². The molecule has 0 aliphatic carbocycles. The van der Waals surface area contributed by atoms with Crippen LogP contribution in [0.2, 0.25) is 0 Å². The van der Waals surface area contributed by atoms with Crippen molar-refractivity contribution in [3.05, 3.63) is 40.3 Å². The molecule has 2 heterocycles. The Morgan fingerprint density at radius 3 is 3.14 bits per heavy atom. The summed E-state index contributed by atoms with van der Waals surface area (Å²) >= 11 is 1.73. The fourth-order valence-electron chi connectivity index (χ4n) is 1.34. The van der Waals surface area contributed by atoms with Gasteiger partial charge in [0.2, 0.25) is 0 Å². The van der Waals surface area contributed by atoms with E-state index in [9.17, 15) is 5.11 Å². The van der Waals surface area contributed by atoms with Crippen LogP contribution in [0.25, 0.3) is 0 Å². The molecule has 74 valence electrons. The zero-order valence-electron chi connectivity index (χ0n) is 7.68. The molecule has 0 saturated heterocycles. The molecule has 3 nitrogen and oxygen atoms in total. The molecular weight excluding hydrogens is 196 g/mol. The summed E-state index contributed by atoms with van der Waals surface area (Å²) in [6.45, 7) is 0. The third kappa shape index (κ3) is 2.21. The maximum atomic E-state index is 9.75. The summed E-state index contributed by atoms with van der Waals surface area (Å²) in [5.41, 5.74) is 0.863. The lowest BCUT2D eigenvalue weighted by Crippen LogP contribution is -1.97. The number of aryl methyl sites for hydroxylation is 1. The molecule has 0 amide bonds. The Morgan fingerprint density at radius 2 is 2.50 bits per heavy atom. The van der Waals surface area contributed by atoms with E-state index in [0.29, 0.717) is 0 Å². The lowest BCUT2D eigenvalue weighted by Gasteiger charge is -2.06. The number of aromatic nitrogens is 2. The van der Waals surface area contributed by atoms with Gasteiger partial charge < -0.3 is 5.11 Å². The van der Waals surface area contributed by atoms with Crippen LogP contribution in [0, 0.1) is 0 Å². The average molecular weight is 208 g/mol. The van der Waals surface area contributed by atoms with E-state index in [0.717, 1.165) is 18.4 Å². The summed E-state index contributed by atoms with van der Waals surface area (Å²) in [7, 11) is 0. The molecule has 2 aromatic rings. The minimum atomic E-state index is -0.407. The molecule has 4 heteroatoms. The van der Waals surface area contributed by atoms with Crippen LogP contribution in [0.3, 0.4) is 0 Å². The second-order valence-electron chi connectivity index (χ2n) is 3.17. The van der Waals surface area contributed by atoms with Crippen molar-refractivity contribution in [2.24, 2.45) is 0 Å². The smallest absolute Gasteiger partial charge is 0.0823 e. The highest BCUT2D eigenvalue weighted by molar-refractivity contribution is 7.09. The van der Waals surface area contributed by atoms with Gasteiger partial charge in [-0.3, -0.25) is 5.10 Å². The zero-order valence-corrected chi connectivity index (χ0v) is 8.50. The van der Waals surface area contributed by atoms with Crippen molar-refractivity contribution in [3.8, 4) is 0 Å². The van der Waals surface area contributed by atoms with E-state index in [1.165, 1.54) is 4.88 Å². The van der Waals surface area contributed by atoms with E-state index in [4.69, 9.17) is 0 Å². The predicted octanol–water partition coefficient (Wildman–Crippen LogP) is 2.14. The van der Waals surface area contributed by atoms with Gasteiger partial charge in [-0.1, -0.05) is 6.07 Å². The molecular formula is C10H12N2OS. The molecule has 0 aromatic carbocycles. The highest BCUT2D eigenvalue weighted by Crippen LogP contribution is 2.19. The molecule has 1 unspecified atom stereocenters. The summed E-state index contributed by atoms with van der Waals surface area (Å²) in [5.74, 6) is 0. The first kappa shape index (κ1) is 9.43. The van der Waals surface area contributed by atoms with Crippen molar-refractivity contribution >= 4 is 11.3 Å². The fourth-order valence-corrected chi connectivity index (χ4v) is 2.07. The van der Waals surface area contributed by atoms with Crippen molar-refractivity contribution in [3.63, 3.8) is 0 Å². The Hall–Kier alpha value is -1.13.